The topological polar surface area (TPSA) is 86.0 Å². The third-order valence-corrected chi connectivity index (χ3v) is 5.11. The summed E-state index contributed by atoms with van der Waals surface area (Å²) < 4.78 is 11.2. The lowest BCUT2D eigenvalue weighted by Crippen LogP contribution is -2.04. The highest BCUT2D eigenvalue weighted by Crippen LogP contribution is 2.27. The van der Waals surface area contributed by atoms with E-state index in [2.05, 4.69) is 20.5 Å². The monoisotopic (exact) mass is 423 g/mol. The smallest absolute Gasteiger partial charge is 0.286 e. The maximum atomic E-state index is 5.90. The van der Waals surface area contributed by atoms with Gasteiger partial charge in [-0.2, -0.15) is 0 Å². The second-order valence-corrected chi connectivity index (χ2v) is 7.40. The maximum Gasteiger partial charge on any atom is 0.286 e. The summed E-state index contributed by atoms with van der Waals surface area (Å²) in [6, 6.07) is 23.7. The molecule has 0 bridgehead atoms. The summed E-state index contributed by atoms with van der Waals surface area (Å²) in [6.45, 7) is 2.61. The largest absolute Gasteiger partial charge is 0.497 e. The van der Waals surface area contributed by atoms with E-state index in [9.17, 15) is 0 Å². The number of anilines is 1. The number of nitrogens with zero attached hydrogens (tertiary/aromatic N) is 4. The lowest BCUT2D eigenvalue weighted by molar-refractivity contribution is 0.414. The van der Waals surface area contributed by atoms with Gasteiger partial charge in [-0.05, 0) is 48.9 Å². The van der Waals surface area contributed by atoms with Gasteiger partial charge in [0, 0.05) is 17.5 Å². The van der Waals surface area contributed by atoms with Gasteiger partial charge in [-0.25, -0.2) is 9.97 Å². The van der Waals surface area contributed by atoms with E-state index in [1.165, 1.54) is 0 Å². The fraction of sp³-hybridized carbons (Fsp3) is 0.120. The summed E-state index contributed by atoms with van der Waals surface area (Å²) >= 11 is 0. The standard InChI is InChI=1S/C25H21N5O2/c1-16-10-12-18(13-11-16)24-29-30-25(32-24)23-27-21-9-4-3-8-20(21)22(28-23)26-15-17-6-5-7-19(14-17)31-2/h3-14H,15H2,1-2H3,(H,26,27,28). The average Bonchev–Trinajstić information content (AvgIpc) is 3.33. The normalized spacial score (nSPS) is 10.9. The predicted octanol–water partition coefficient (Wildman–Crippen LogP) is 5.28. The number of aromatic nitrogens is 4. The van der Waals surface area contributed by atoms with Crippen LogP contribution in [0.4, 0.5) is 5.82 Å². The van der Waals surface area contributed by atoms with Crippen LogP contribution >= 0.6 is 0 Å². The van der Waals surface area contributed by atoms with Gasteiger partial charge >= 0.3 is 0 Å². The minimum Gasteiger partial charge on any atom is -0.497 e. The lowest BCUT2D eigenvalue weighted by Gasteiger charge is -2.10. The molecule has 0 aliphatic heterocycles. The number of para-hydroxylation sites is 1. The van der Waals surface area contributed by atoms with Gasteiger partial charge in [0.2, 0.25) is 11.7 Å². The Labute approximate surface area is 185 Å². The Bertz CT molecular complexity index is 1380. The van der Waals surface area contributed by atoms with Gasteiger partial charge in [-0.1, -0.05) is 42.0 Å². The quantitative estimate of drug-likeness (QED) is 0.398. The van der Waals surface area contributed by atoms with Crippen LogP contribution in [0, 0.1) is 6.92 Å². The first-order valence-corrected chi connectivity index (χ1v) is 10.2. The molecule has 2 aromatic heterocycles. The van der Waals surface area contributed by atoms with Crippen LogP contribution in [0.15, 0.2) is 77.2 Å². The summed E-state index contributed by atoms with van der Waals surface area (Å²) in [7, 11) is 1.66. The third-order valence-electron chi connectivity index (χ3n) is 5.11. The lowest BCUT2D eigenvalue weighted by atomic mass is 10.1. The molecular weight excluding hydrogens is 402 g/mol. The molecule has 0 aliphatic rings. The van der Waals surface area contributed by atoms with Gasteiger partial charge in [-0.15, -0.1) is 10.2 Å². The van der Waals surface area contributed by atoms with Crippen molar-refractivity contribution < 1.29 is 9.15 Å². The molecule has 0 fully saturated rings. The zero-order valence-electron chi connectivity index (χ0n) is 17.7. The summed E-state index contributed by atoms with van der Waals surface area (Å²) in [5.74, 6) is 2.59. The molecule has 0 saturated heterocycles. The zero-order chi connectivity index (χ0) is 21.9. The van der Waals surface area contributed by atoms with Gasteiger partial charge in [0.05, 0.1) is 12.6 Å². The van der Waals surface area contributed by atoms with E-state index in [0.29, 0.717) is 24.1 Å². The molecule has 2 heterocycles. The molecule has 5 rings (SSSR count). The molecule has 0 spiro atoms. The molecule has 0 atom stereocenters. The van der Waals surface area contributed by atoms with Crippen molar-refractivity contribution in [2.24, 2.45) is 0 Å². The van der Waals surface area contributed by atoms with Crippen LogP contribution in [0.25, 0.3) is 34.1 Å². The molecule has 0 unspecified atom stereocenters. The second-order valence-electron chi connectivity index (χ2n) is 7.40. The number of fused-ring (bicyclic) bond motifs is 1. The first-order chi connectivity index (χ1) is 15.7. The number of rotatable bonds is 6. The molecule has 0 aliphatic carbocycles. The van der Waals surface area contributed by atoms with E-state index < -0.39 is 0 Å². The number of benzene rings is 3. The van der Waals surface area contributed by atoms with Crippen LogP contribution in [0.3, 0.4) is 0 Å². The van der Waals surface area contributed by atoms with Crippen molar-refractivity contribution in [3.8, 4) is 28.9 Å². The van der Waals surface area contributed by atoms with E-state index >= 15 is 0 Å². The van der Waals surface area contributed by atoms with Crippen LogP contribution in [-0.4, -0.2) is 27.3 Å². The van der Waals surface area contributed by atoms with E-state index in [1.54, 1.807) is 7.11 Å². The fourth-order valence-electron chi connectivity index (χ4n) is 3.40. The van der Waals surface area contributed by atoms with E-state index in [-0.39, 0.29) is 5.89 Å². The van der Waals surface area contributed by atoms with Gasteiger partial charge < -0.3 is 14.5 Å². The molecule has 1 N–H and O–H groups in total. The first-order valence-electron chi connectivity index (χ1n) is 10.2. The van der Waals surface area contributed by atoms with Crippen molar-refractivity contribution >= 4 is 16.7 Å². The van der Waals surface area contributed by atoms with E-state index in [1.807, 2.05) is 79.7 Å². The fourth-order valence-corrected chi connectivity index (χ4v) is 3.40. The molecular formula is C25H21N5O2. The van der Waals surface area contributed by atoms with Gasteiger partial charge in [0.1, 0.15) is 11.6 Å². The van der Waals surface area contributed by atoms with Crippen LogP contribution < -0.4 is 10.1 Å². The van der Waals surface area contributed by atoms with E-state index in [0.717, 1.165) is 33.3 Å². The number of hydrogen-bond donors (Lipinski definition) is 1. The highest BCUT2D eigenvalue weighted by atomic mass is 16.5. The Kier molecular flexibility index (Phi) is 5.21. The second kappa shape index (κ2) is 8.47. The SMILES string of the molecule is COc1cccc(CNc2nc(-c3nnc(-c4ccc(C)cc4)o3)nc3ccccc23)c1. The van der Waals surface area contributed by atoms with Crippen molar-refractivity contribution in [3.05, 3.63) is 83.9 Å². The molecule has 3 aromatic carbocycles. The molecule has 0 amide bonds. The minimum absolute atomic E-state index is 0.274. The number of methoxy groups -OCH3 is 1. The van der Waals surface area contributed by atoms with Gasteiger partial charge in [0.15, 0.2) is 0 Å². The Balaban J connectivity index is 1.49. The van der Waals surface area contributed by atoms with Crippen molar-refractivity contribution in [1.29, 1.82) is 0 Å². The molecule has 158 valence electrons. The van der Waals surface area contributed by atoms with Crippen molar-refractivity contribution in [2.45, 2.75) is 13.5 Å². The summed E-state index contributed by atoms with van der Waals surface area (Å²) in [4.78, 5) is 9.34. The van der Waals surface area contributed by atoms with Crippen LogP contribution in [0.5, 0.6) is 5.75 Å². The molecule has 5 aromatic rings. The third kappa shape index (κ3) is 4.00. The van der Waals surface area contributed by atoms with E-state index in [4.69, 9.17) is 14.1 Å². The Morgan fingerprint density at radius 2 is 1.69 bits per heavy atom. The highest BCUT2D eigenvalue weighted by molar-refractivity contribution is 5.90. The average molecular weight is 423 g/mol. The predicted molar refractivity (Wildman–Crippen MR) is 123 cm³/mol. The molecule has 7 nitrogen and oxygen atoms in total. The summed E-state index contributed by atoms with van der Waals surface area (Å²) in [6.07, 6.45) is 0. The minimum atomic E-state index is 0.274. The number of nitrogens with one attached hydrogen (secondary N) is 1. The van der Waals surface area contributed by atoms with Crippen LogP contribution in [-0.2, 0) is 6.54 Å². The van der Waals surface area contributed by atoms with Crippen LogP contribution in [0.2, 0.25) is 0 Å². The summed E-state index contributed by atoms with van der Waals surface area (Å²) in [5, 5.41) is 12.7. The summed E-state index contributed by atoms with van der Waals surface area (Å²) in [5.41, 5.74) is 3.89. The van der Waals surface area contributed by atoms with Gasteiger partial charge in [0.25, 0.3) is 5.89 Å². The van der Waals surface area contributed by atoms with Crippen LogP contribution in [0.1, 0.15) is 11.1 Å². The number of hydrogen-bond acceptors (Lipinski definition) is 7. The number of aryl methyl sites for hydroxylation is 1. The number of ether oxygens (including phenoxy) is 1. The Morgan fingerprint density at radius 1 is 0.875 bits per heavy atom. The Morgan fingerprint density at radius 3 is 2.53 bits per heavy atom. The van der Waals surface area contributed by atoms with Crippen molar-refractivity contribution in [1.82, 2.24) is 20.2 Å². The van der Waals surface area contributed by atoms with Gasteiger partial charge in [-0.3, -0.25) is 0 Å². The molecule has 0 saturated carbocycles. The Hall–Kier alpha value is -4.26. The first kappa shape index (κ1) is 19.7. The van der Waals surface area contributed by atoms with Crippen molar-refractivity contribution in [3.63, 3.8) is 0 Å². The maximum absolute atomic E-state index is 5.90. The molecule has 0 radical (unpaired) electrons. The van der Waals surface area contributed by atoms with Crippen molar-refractivity contribution in [2.75, 3.05) is 12.4 Å². The molecule has 32 heavy (non-hydrogen) atoms. The zero-order valence-corrected chi connectivity index (χ0v) is 17.7. The molecule has 7 heteroatoms. The highest BCUT2D eigenvalue weighted by Gasteiger charge is 2.16.